The molecule has 7 heteroatoms. The summed E-state index contributed by atoms with van der Waals surface area (Å²) in [6.07, 6.45) is 1.01. The Bertz CT molecular complexity index is 606. The van der Waals surface area contributed by atoms with Gasteiger partial charge in [0.15, 0.2) is 5.44 Å². The summed E-state index contributed by atoms with van der Waals surface area (Å²) in [7, 11) is -3.99. The van der Waals surface area contributed by atoms with E-state index in [-0.39, 0.29) is 52.7 Å². The molecule has 0 fully saturated rings. The van der Waals surface area contributed by atoms with Crippen LogP contribution in [-0.4, -0.2) is 25.0 Å². The fourth-order valence-electron chi connectivity index (χ4n) is 2.77. The second-order valence-electron chi connectivity index (χ2n) is 7.66. The third-order valence-electron chi connectivity index (χ3n) is 3.41. The number of para-hydroxylation sites is 1. The van der Waals surface area contributed by atoms with Crippen LogP contribution in [0.25, 0.3) is 0 Å². The van der Waals surface area contributed by atoms with E-state index in [1.54, 1.807) is 19.1 Å². The van der Waals surface area contributed by atoms with Gasteiger partial charge in [-0.1, -0.05) is 64.4 Å². The van der Waals surface area contributed by atoms with Crippen LogP contribution in [0.4, 0.5) is 0 Å². The molecule has 1 aromatic rings. The maximum Gasteiger partial charge on any atom is 1.00 e. The van der Waals surface area contributed by atoms with Crippen LogP contribution in [0, 0.1) is 5.41 Å². The van der Waals surface area contributed by atoms with E-state index in [4.69, 9.17) is 4.55 Å². The number of benzene rings is 1. The van der Waals surface area contributed by atoms with Gasteiger partial charge >= 0.3 is 29.6 Å². The SMILES string of the molecule is CC(C)(C)CC(C)(C)c1ccccc1[O-].CCOC(C)S(=O)(=O)O.[Na+]. The average molecular weight is 382 g/mol. The van der Waals surface area contributed by atoms with Crippen molar-refractivity contribution >= 4 is 10.1 Å². The van der Waals surface area contributed by atoms with Crippen molar-refractivity contribution in [2.24, 2.45) is 5.41 Å². The molecule has 140 valence electrons. The molecule has 0 aliphatic carbocycles. The minimum absolute atomic E-state index is 0. The van der Waals surface area contributed by atoms with Gasteiger partial charge in [0, 0.05) is 6.61 Å². The third kappa shape index (κ3) is 11.3. The van der Waals surface area contributed by atoms with Gasteiger partial charge in [-0.05, 0) is 31.1 Å². The second-order valence-corrected chi connectivity index (χ2v) is 9.35. The van der Waals surface area contributed by atoms with E-state index >= 15 is 0 Å². The Labute approximate surface area is 175 Å². The number of rotatable bonds is 5. The van der Waals surface area contributed by atoms with Crippen molar-refractivity contribution in [3.63, 3.8) is 0 Å². The summed E-state index contributed by atoms with van der Waals surface area (Å²) in [5.74, 6) is 0.159. The first-order chi connectivity index (χ1) is 10.7. The minimum atomic E-state index is -3.99. The largest absolute Gasteiger partial charge is 1.00 e. The number of hydrogen-bond donors (Lipinski definition) is 1. The van der Waals surface area contributed by atoms with Gasteiger partial charge in [0.05, 0.1) is 0 Å². The summed E-state index contributed by atoms with van der Waals surface area (Å²) in [5.41, 5.74) is 0.0185. The minimum Gasteiger partial charge on any atom is -0.872 e. The van der Waals surface area contributed by atoms with Crippen LogP contribution in [0.2, 0.25) is 0 Å². The van der Waals surface area contributed by atoms with Crippen molar-refractivity contribution in [1.82, 2.24) is 0 Å². The first-order valence-corrected chi connectivity index (χ1v) is 9.55. The maximum atomic E-state index is 11.8. The standard InChI is InChI=1S/C14H22O.C4H10O4S.Na/c1-13(2,3)10-14(4,5)11-8-6-7-9-12(11)15;1-3-8-4(2)9(5,6)7;/h6-9,15H,10H2,1-5H3;4H,3H2,1-2H3,(H,5,6,7);/q;;+1/p-1. The predicted octanol–water partition coefficient (Wildman–Crippen LogP) is 0.735. The van der Waals surface area contributed by atoms with Gasteiger partial charge in [-0.3, -0.25) is 4.55 Å². The third-order valence-corrected chi connectivity index (χ3v) is 4.38. The van der Waals surface area contributed by atoms with Gasteiger partial charge in [0.2, 0.25) is 0 Å². The molecule has 0 spiro atoms. The molecule has 1 rings (SSSR count). The van der Waals surface area contributed by atoms with E-state index in [9.17, 15) is 13.5 Å². The summed E-state index contributed by atoms with van der Waals surface area (Å²) in [6.45, 7) is 14.1. The van der Waals surface area contributed by atoms with Crippen molar-refractivity contribution in [2.75, 3.05) is 6.61 Å². The molecule has 1 atom stereocenters. The van der Waals surface area contributed by atoms with Gasteiger partial charge in [-0.2, -0.15) is 8.42 Å². The molecule has 0 heterocycles. The number of hydrogen-bond acceptors (Lipinski definition) is 4. The summed E-state index contributed by atoms with van der Waals surface area (Å²) in [6, 6.07) is 7.36. The monoisotopic (exact) mass is 382 g/mol. The van der Waals surface area contributed by atoms with Crippen molar-refractivity contribution in [1.29, 1.82) is 0 Å². The molecule has 0 bridgehead atoms. The molecular formula is C18H31NaO5S. The van der Waals surface area contributed by atoms with Crippen molar-refractivity contribution in [2.45, 2.75) is 65.7 Å². The van der Waals surface area contributed by atoms with Crippen LogP contribution in [0.3, 0.4) is 0 Å². The van der Waals surface area contributed by atoms with Crippen LogP contribution < -0.4 is 34.7 Å². The topological polar surface area (TPSA) is 86.7 Å². The second kappa shape index (κ2) is 10.9. The van der Waals surface area contributed by atoms with Crippen LogP contribution in [0.5, 0.6) is 5.75 Å². The van der Waals surface area contributed by atoms with Crippen LogP contribution in [-0.2, 0) is 20.3 Å². The first-order valence-electron chi connectivity index (χ1n) is 8.05. The Hall–Kier alpha value is -0.110. The Kier molecular flexibility index (Phi) is 11.8. The van der Waals surface area contributed by atoms with E-state index in [0.29, 0.717) is 0 Å². The van der Waals surface area contributed by atoms with E-state index in [0.717, 1.165) is 12.0 Å². The van der Waals surface area contributed by atoms with Crippen molar-refractivity contribution in [3.05, 3.63) is 29.8 Å². The van der Waals surface area contributed by atoms with Crippen LogP contribution in [0.1, 0.15) is 60.5 Å². The normalized spacial score (nSPS) is 13.3. The first kappa shape index (κ1) is 27.1. The molecule has 1 N–H and O–H groups in total. The summed E-state index contributed by atoms with van der Waals surface area (Å²) in [5, 5.41) is 11.8. The van der Waals surface area contributed by atoms with Crippen LogP contribution in [0.15, 0.2) is 24.3 Å². The van der Waals surface area contributed by atoms with E-state index < -0.39 is 15.6 Å². The van der Waals surface area contributed by atoms with Crippen molar-refractivity contribution in [3.8, 4) is 5.75 Å². The predicted molar refractivity (Wildman–Crippen MR) is 95.6 cm³/mol. The zero-order chi connectivity index (χ0) is 19.2. The molecule has 0 amide bonds. The molecule has 0 saturated carbocycles. The van der Waals surface area contributed by atoms with Crippen LogP contribution >= 0.6 is 0 Å². The molecule has 5 nitrogen and oxygen atoms in total. The molecule has 0 radical (unpaired) electrons. The van der Waals surface area contributed by atoms with Gasteiger partial charge in [-0.25, -0.2) is 0 Å². The quantitative estimate of drug-likeness (QED) is 0.599. The van der Waals surface area contributed by atoms with Gasteiger partial charge < -0.3 is 9.84 Å². The average Bonchev–Trinajstić information content (AvgIpc) is 2.36. The summed E-state index contributed by atoms with van der Waals surface area (Å²) in [4.78, 5) is 0. The number of ether oxygens (including phenoxy) is 1. The summed E-state index contributed by atoms with van der Waals surface area (Å²) < 4.78 is 33.1. The molecular weight excluding hydrogens is 351 g/mol. The Morgan fingerprint density at radius 2 is 1.64 bits per heavy atom. The fraction of sp³-hybridized carbons (Fsp3) is 0.667. The fourth-order valence-corrected chi connectivity index (χ4v) is 3.08. The molecule has 0 aliphatic heterocycles. The molecule has 0 aliphatic rings. The van der Waals surface area contributed by atoms with Gasteiger partial charge in [-0.15, -0.1) is 5.75 Å². The van der Waals surface area contributed by atoms with E-state index in [1.807, 2.05) is 12.1 Å². The molecule has 1 aromatic carbocycles. The Morgan fingerprint density at radius 1 is 1.16 bits per heavy atom. The molecule has 1 unspecified atom stereocenters. The smallest absolute Gasteiger partial charge is 0.872 e. The summed E-state index contributed by atoms with van der Waals surface area (Å²) >= 11 is 0. The van der Waals surface area contributed by atoms with Gasteiger partial charge in [0.25, 0.3) is 10.1 Å². The molecule has 25 heavy (non-hydrogen) atoms. The maximum absolute atomic E-state index is 11.8. The Morgan fingerprint density at radius 3 is 1.96 bits per heavy atom. The van der Waals surface area contributed by atoms with Gasteiger partial charge in [0.1, 0.15) is 0 Å². The molecule has 0 saturated heterocycles. The van der Waals surface area contributed by atoms with E-state index in [1.165, 1.54) is 6.92 Å². The zero-order valence-corrected chi connectivity index (χ0v) is 19.6. The Balaban J connectivity index is 0. The van der Waals surface area contributed by atoms with E-state index in [2.05, 4.69) is 39.4 Å². The van der Waals surface area contributed by atoms with Crippen molar-refractivity contribution < 1.29 is 52.4 Å². The molecule has 0 aromatic heterocycles. The zero-order valence-electron chi connectivity index (χ0n) is 16.8.